The van der Waals surface area contributed by atoms with Crippen molar-refractivity contribution in [1.82, 2.24) is 0 Å². The highest BCUT2D eigenvalue weighted by molar-refractivity contribution is 7.80. The Morgan fingerprint density at radius 3 is 2.50 bits per heavy atom. The summed E-state index contributed by atoms with van der Waals surface area (Å²) in [5.41, 5.74) is -6.02. The van der Waals surface area contributed by atoms with Crippen molar-refractivity contribution in [2.75, 3.05) is 0 Å². The second kappa shape index (κ2) is 6.92. The molecule has 4 rings (SSSR count). The second-order valence-corrected chi connectivity index (χ2v) is 11.0. The van der Waals surface area contributed by atoms with E-state index in [-0.39, 0.29) is 36.3 Å². The zero-order valence-corrected chi connectivity index (χ0v) is 19.8. The highest BCUT2D eigenvalue weighted by Crippen LogP contribution is 2.71. The van der Waals surface area contributed by atoms with E-state index in [1.54, 1.807) is 20.8 Å². The maximum Gasteiger partial charge on any atom is 0.303 e. The van der Waals surface area contributed by atoms with E-state index in [0.717, 1.165) is 0 Å². The quantitative estimate of drug-likeness (QED) is 0.459. The first kappa shape index (κ1) is 23.5. The van der Waals surface area contributed by atoms with Crippen molar-refractivity contribution in [2.45, 2.75) is 77.7 Å². The lowest BCUT2D eigenvalue weighted by Gasteiger charge is -2.62. The summed E-state index contributed by atoms with van der Waals surface area (Å²) in [7, 11) is 0. The van der Waals surface area contributed by atoms with Crippen LogP contribution in [0.25, 0.3) is 0 Å². The maximum atomic E-state index is 17.2. The fourth-order valence-electron chi connectivity index (χ4n) is 7.87. The van der Waals surface area contributed by atoms with Crippen molar-refractivity contribution in [3.63, 3.8) is 0 Å². The Hall–Kier alpha value is -1.67. The predicted molar refractivity (Wildman–Crippen MR) is 117 cm³/mol. The summed E-state index contributed by atoms with van der Waals surface area (Å²) in [6.07, 6.45) is 0.634. The number of halogens is 2. The number of carbonyl (C=O) groups is 2. The first-order valence-electron chi connectivity index (χ1n) is 11.1. The van der Waals surface area contributed by atoms with Crippen molar-refractivity contribution in [3.8, 4) is 0 Å². The van der Waals surface area contributed by atoms with Crippen molar-refractivity contribution in [2.24, 2.45) is 28.6 Å². The third-order valence-electron chi connectivity index (χ3n) is 9.17. The van der Waals surface area contributed by atoms with E-state index in [4.69, 9.17) is 17.0 Å². The van der Waals surface area contributed by atoms with Crippen molar-refractivity contribution < 1.29 is 33.3 Å². The summed E-state index contributed by atoms with van der Waals surface area (Å²) in [6, 6.07) is 0. The van der Waals surface area contributed by atoms with Crippen LogP contribution in [0, 0.1) is 28.6 Å². The fraction of sp³-hybridized carbons (Fsp3) is 0.708. The molecule has 3 fully saturated rings. The molecule has 0 bridgehead atoms. The molecule has 2 N–H and O–H groups in total. The molecule has 0 unspecified atom stereocenters. The van der Waals surface area contributed by atoms with Gasteiger partial charge in [0.2, 0.25) is 10.8 Å². The topological polar surface area (TPSA) is 83.8 Å². The Morgan fingerprint density at radius 1 is 1.31 bits per heavy atom. The number of rotatable bonds is 2. The third kappa shape index (κ3) is 2.48. The van der Waals surface area contributed by atoms with Crippen LogP contribution in [-0.4, -0.2) is 44.4 Å². The van der Waals surface area contributed by atoms with Crippen LogP contribution in [0.2, 0.25) is 0 Å². The van der Waals surface area contributed by atoms with Crippen molar-refractivity contribution in [3.05, 3.63) is 23.0 Å². The molecule has 0 spiro atoms. The van der Waals surface area contributed by atoms with E-state index >= 15 is 4.39 Å². The lowest BCUT2D eigenvalue weighted by atomic mass is 9.44. The van der Waals surface area contributed by atoms with Gasteiger partial charge in [0.25, 0.3) is 0 Å². The number of hydrogen-bond donors (Lipinski definition) is 2. The first-order chi connectivity index (χ1) is 14.7. The molecule has 0 aliphatic heterocycles. The number of thiocarbonyl (C=S) groups is 1. The van der Waals surface area contributed by atoms with Gasteiger partial charge in [-0.25, -0.2) is 8.78 Å². The van der Waals surface area contributed by atoms with Crippen molar-refractivity contribution in [1.29, 1.82) is 0 Å². The van der Waals surface area contributed by atoms with Gasteiger partial charge in [-0.15, -0.1) is 0 Å². The van der Waals surface area contributed by atoms with E-state index in [0.29, 0.717) is 6.42 Å². The molecule has 3 saturated carbocycles. The maximum absolute atomic E-state index is 17.2. The zero-order valence-electron chi connectivity index (χ0n) is 19.0. The van der Waals surface area contributed by atoms with Crippen LogP contribution in [0.5, 0.6) is 0 Å². The Bertz CT molecular complexity index is 991. The predicted octanol–water partition coefficient (Wildman–Crippen LogP) is 4.48. The van der Waals surface area contributed by atoms with Gasteiger partial charge in [-0.1, -0.05) is 19.9 Å². The van der Waals surface area contributed by atoms with E-state index in [9.17, 15) is 24.2 Å². The largest absolute Gasteiger partial charge is 0.499 e. The average Bonchev–Trinajstić information content (AvgIpc) is 2.89. The molecule has 0 amide bonds. The molecule has 0 aromatic heterocycles. The average molecular weight is 469 g/mol. The minimum Gasteiger partial charge on any atom is -0.499 e. The molecule has 0 heterocycles. The third-order valence-corrected chi connectivity index (χ3v) is 9.48. The van der Waals surface area contributed by atoms with E-state index in [1.807, 2.05) is 0 Å². The van der Waals surface area contributed by atoms with Crippen molar-refractivity contribution >= 4 is 29.0 Å². The van der Waals surface area contributed by atoms with E-state index in [2.05, 4.69) is 0 Å². The number of aliphatic hydroxyl groups is 2. The van der Waals surface area contributed by atoms with Gasteiger partial charge in [0, 0.05) is 29.6 Å². The molecular weight excluding hydrogens is 438 g/mol. The first-order valence-corrected chi connectivity index (χ1v) is 11.5. The smallest absolute Gasteiger partial charge is 0.303 e. The number of allylic oxidation sites excluding steroid dienone is 4. The van der Waals surface area contributed by atoms with Gasteiger partial charge < -0.3 is 14.9 Å². The van der Waals surface area contributed by atoms with Crippen LogP contribution in [0.3, 0.4) is 0 Å². The molecular formula is C24H30F2O5S. The van der Waals surface area contributed by atoms with Gasteiger partial charge in [-0.05, 0) is 68.8 Å². The van der Waals surface area contributed by atoms with Gasteiger partial charge in [-0.2, -0.15) is 0 Å². The summed E-state index contributed by atoms with van der Waals surface area (Å²) >= 11 is 5.17. The minimum atomic E-state index is -2.23. The molecule has 4 aliphatic carbocycles. The van der Waals surface area contributed by atoms with Crippen LogP contribution in [0.15, 0.2) is 23.0 Å². The summed E-state index contributed by atoms with van der Waals surface area (Å²) in [4.78, 5) is 24.3. The molecule has 8 atom stereocenters. The number of ether oxygens (including phenoxy) is 1. The molecule has 8 heteroatoms. The fourth-order valence-corrected chi connectivity index (χ4v) is 8.34. The van der Waals surface area contributed by atoms with Gasteiger partial charge in [0.1, 0.15) is 0 Å². The number of fused-ring (bicyclic) bond motifs is 5. The number of aliphatic hydroxyl groups excluding tert-OH is 2. The van der Waals surface area contributed by atoms with Gasteiger partial charge >= 0.3 is 5.97 Å². The lowest BCUT2D eigenvalue weighted by Crippen LogP contribution is -2.69. The number of esters is 1. The van der Waals surface area contributed by atoms with E-state index < -0.39 is 62.7 Å². The van der Waals surface area contributed by atoms with Crippen LogP contribution in [0.1, 0.15) is 60.3 Å². The molecule has 4 aliphatic rings. The summed E-state index contributed by atoms with van der Waals surface area (Å²) in [5.74, 6) is -3.76. The number of alkyl halides is 1. The summed E-state index contributed by atoms with van der Waals surface area (Å²) < 4.78 is 37.9. The second-order valence-electron chi connectivity index (χ2n) is 10.6. The molecule has 32 heavy (non-hydrogen) atoms. The SMILES string of the molecule is CC(=O)O[C@]1(C(O)=S)[C@@H](C)C[C@H]2[C@@H]3CCC4=C(F)C(=O)C(C)=C[C@]4(C)[C@@]3(F)[C@@H](O)C[C@@]21C. The van der Waals surface area contributed by atoms with Crippen LogP contribution in [-0.2, 0) is 14.3 Å². The number of Topliss-reactive ketones (excluding diaryl/α,β-unsaturated/α-hetero) is 1. The molecule has 5 nitrogen and oxygen atoms in total. The van der Waals surface area contributed by atoms with Crippen LogP contribution >= 0.6 is 12.2 Å². The number of ketones is 1. The lowest BCUT2D eigenvalue weighted by molar-refractivity contribution is -0.217. The zero-order chi connectivity index (χ0) is 24.0. The Kier molecular flexibility index (Phi) is 5.08. The number of hydrogen-bond acceptors (Lipinski definition) is 5. The minimum absolute atomic E-state index is 0.101. The highest BCUT2D eigenvalue weighted by atomic mass is 32.1. The van der Waals surface area contributed by atoms with Gasteiger partial charge in [0.05, 0.1) is 6.10 Å². The summed E-state index contributed by atoms with van der Waals surface area (Å²) in [6.45, 7) is 7.85. The summed E-state index contributed by atoms with van der Waals surface area (Å²) in [5, 5.41) is 21.5. The van der Waals surface area contributed by atoms with E-state index in [1.165, 1.54) is 19.9 Å². The molecule has 176 valence electrons. The molecule has 0 saturated heterocycles. The standard InChI is InChI=1S/C24H30F2O5S/c1-11-9-21(4)15(18(25)19(11)29)7-6-14-16-8-12(2)24(20(30)32,31-13(3)27)22(16,5)10-17(28)23(14,21)26/h9,12,14,16-17,28H,6-8,10H2,1-5H3,(H,30,32)/t12-,14-,16-,17-,21-,22-,23-,24-/m0/s1. The Morgan fingerprint density at radius 2 is 1.94 bits per heavy atom. The van der Waals surface area contributed by atoms with Gasteiger partial charge in [-0.3, -0.25) is 9.59 Å². The molecule has 0 aromatic rings. The van der Waals surface area contributed by atoms with Crippen LogP contribution in [0.4, 0.5) is 8.78 Å². The number of carbonyl (C=O) groups excluding carboxylic acids is 2. The Labute approximate surface area is 191 Å². The molecule has 0 aromatic carbocycles. The normalized spacial score (nSPS) is 47.9. The molecule has 0 radical (unpaired) electrons. The van der Waals surface area contributed by atoms with Gasteiger partial charge in [0.15, 0.2) is 17.1 Å². The van der Waals surface area contributed by atoms with Crippen LogP contribution < -0.4 is 0 Å². The highest BCUT2D eigenvalue weighted by Gasteiger charge is 2.77. The Balaban J connectivity index is 1.89. The monoisotopic (exact) mass is 468 g/mol.